The number of hydrogen-bond donors (Lipinski definition) is 12. The van der Waals surface area contributed by atoms with Gasteiger partial charge < -0.3 is 85.8 Å². The van der Waals surface area contributed by atoms with Crippen LogP contribution in [0.3, 0.4) is 0 Å². The molecule has 0 spiro atoms. The highest BCUT2D eigenvalue weighted by Crippen LogP contribution is 2.46. The van der Waals surface area contributed by atoms with Crippen LogP contribution >= 0.6 is 0 Å². The second-order valence-corrected chi connectivity index (χ2v) is 29.0. The second kappa shape index (κ2) is 35.4. The summed E-state index contributed by atoms with van der Waals surface area (Å²) in [5.74, 6) is -17.0. The number of aliphatic hydroxyl groups excluding tert-OH is 8. The smallest absolute Gasteiger partial charge is 0.351 e. The maximum atomic E-state index is 14.3. The zero-order valence-corrected chi connectivity index (χ0v) is 63.0. The number of aliphatic hydroxyl groups is 8. The van der Waals surface area contributed by atoms with Crippen LogP contribution in [0.2, 0.25) is 0 Å². The third-order valence-corrected chi connectivity index (χ3v) is 21.3. The van der Waals surface area contributed by atoms with Gasteiger partial charge in [-0.05, 0) is 169 Å². The van der Waals surface area contributed by atoms with Crippen LogP contribution in [0.5, 0.6) is 5.75 Å². The minimum atomic E-state index is -3.82. The number of methoxy groups -OCH3 is 1. The molecule has 0 saturated carbocycles. The van der Waals surface area contributed by atoms with E-state index >= 15 is 0 Å². The number of rotatable bonds is 17. The Kier molecular flexibility index (Phi) is 25.5. The first kappa shape index (κ1) is 86.4. The molecule has 9 aromatic rings. The summed E-state index contributed by atoms with van der Waals surface area (Å²) in [5, 5.41) is 86.3. The molecule has 7 aliphatic rings. The molecular weight excluding hydrogens is 1600 g/mol. The Morgan fingerprint density at radius 1 is 0.417 bits per heavy atom. The zero-order valence-electron chi connectivity index (χ0n) is 63.0. The molecule has 12 atom stereocenters. The van der Waals surface area contributed by atoms with E-state index in [9.17, 15) is 93.9 Å². The van der Waals surface area contributed by atoms with E-state index in [1.165, 1.54) is 23.8 Å². The first-order chi connectivity index (χ1) is 57.2. The standard InChI is InChI=1S/C21H19F2N3O6.C20H21F2N3O5.2C19H19F2N3O5/c1-31-14-5-4-11-8-13(3-2-12(11)9-14)18(29)24-16-6-7-26(20(30)25-16)19-21(22,23)17(28)15(10-27)32-19;21-20(22)16(27)14(10-26)30-18(20)25-9-8-15(24-19(25)29)23-17(28)13-7-3-5-11-4-1-2-6-12(11)13;20-19(21)15(26)13(9-25)29-17(19)24-7-6-14(23-18(24)28)22-16(27)12-5-4-10-2-1-3-11(10)8-12;20-19(21)15(26)13(9-25)29-17(19)24-6-5-14(23-18(24)28)22-16(27)12-7-10-3-1-2-4-11(10)8-12/h2-9,15,17,19,27-28H,10H2,1H3,(H,24,25,29,30);3,5,7-9,14,16,18,26-27H,1-2,4,6,10H2,(H,23,24,28,29);4-8,13,15,17,25-26H,1-3,9H2,(H,22,23,27,28);1-6,12-13,15,17,25-26H,7-9H2,(H,22,23,27,28)/t15-,17-,19?;14-,16-,18?;2*13-,15-,17?/m1111/s1. The van der Waals surface area contributed by atoms with Gasteiger partial charge in [0.2, 0.25) is 30.8 Å². The predicted molar refractivity (Wildman–Crippen MR) is 404 cm³/mol. The molecule has 4 saturated heterocycles. The quantitative estimate of drug-likeness (QED) is 0.0569. The van der Waals surface area contributed by atoms with Crippen LogP contribution in [0.1, 0.15) is 109 Å². The monoisotopic (exact) mass is 1680 g/mol. The van der Waals surface area contributed by atoms with Crippen molar-refractivity contribution in [3.63, 3.8) is 0 Å². The van der Waals surface area contributed by atoms with Crippen molar-refractivity contribution in [3.05, 3.63) is 238 Å². The summed E-state index contributed by atoms with van der Waals surface area (Å²) in [4.78, 5) is 114. The third-order valence-electron chi connectivity index (χ3n) is 21.3. The van der Waals surface area contributed by atoms with Crippen LogP contribution in [0.4, 0.5) is 58.4 Å². The summed E-state index contributed by atoms with van der Waals surface area (Å²) in [5.41, 5.74) is 3.43. The summed E-state index contributed by atoms with van der Waals surface area (Å²) in [7, 11) is 1.55. The summed E-state index contributed by atoms with van der Waals surface area (Å²) in [6, 6.07) is 33.7. The molecule has 636 valence electrons. The second-order valence-electron chi connectivity index (χ2n) is 29.0. The lowest BCUT2D eigenvalue weighted by atomic mass is 9.88. The Labute approximate surface area is 672 Å². The number of aryl methyl sites for hydroxylation is 3. The van der Waals surface area contributed by atoms with Crippen molar-refractivity contribution < 1.29 is 119 Å². The molecule has 4 amide bonds. The molecule has 120 heavy (non-hydrogen) atoms. The maximum Gasteiger partial charge on any atom is 0.351 e. The highest BCUT2D eigenvalue weighted by atomic mass is 19.3. The molecular formula is C79H78F8N12O21. The Balaban J connectivity index is 0.000000138. The van der Waals surface area contributed by atoms with E-state index in [0.29, 0.717) is 53.5 Å². The lowest BCUT2D eigenvalue weighted by molar-refractivity contribution is -0.141. The minimum absolute atomic E-state index is 0.0622. The van der Waals surface area contributed by atoms with Crippen LogP contribution < -0.4 is 48.8 Å². The van der Waals surface area contributed by atoms with Gasteiger partial charge in [-0.3, -0.25) is 37.4 Å². The molecule has 16 rings (SSSR count). The molecule has 41 heteroatoms. The van der Waals surface area contributed by atoms with Crippen LogP contribution in [0, 0.1) is 5.92 Å². The fraction of sp³-hybridized carbons (Fsp3) is 0.392. The van der Waals surface area contributed by atoms with E-state index < -0.39 is 164 Å². The largest absolute Gasteiger partial charge is 0.497 e. The molecule has 4 aliphatic heterocycles. The van der Waals surface area contributed by atoms with Gasteiger partial charge in [-0.2, -0.15) is 55.1 Å². The van der Waals surface area contributed by atoms with Gasteiger partial charge in [0.05, 0.1) is 33.5 Å². The summed E-state index contributed by atoms with van der Waals surface area (Å²) in [6.07, 6.45) is -11.8. The number of anilines is 4. The van der Waals surface area contributed by atoms with Crippen molar-refractivity contribution in [2.75, 3.05) is 54.8 Å². The number of halogens is 8. The normalized spacial score (nSPS) is 24.4. The maximum absolute atomic E-state index is 14.3. The van der Waals surface area contributed by atoms with Gasteiger partial charge in [0.1, 0.15) is 53.4 Å². The van der Waals surface area contributed by atoms with Crippen LogP contribution in [-0.4, -0.2) is 209 Å². The predicted octanol–water partition coefficient (Wildman–Crippen LogP) is 4.16. The van der Waals surface area contributed by atoms with Gasteiger partial charge in [0.15, 0.2) is 24.4 Å². The van der Waals surface area contributed by atoms with Gasteiger partial charge in [0, 0.05) is 47.4 Å². The number of benzene rings is 5. The number of carbonyl (C=O) groups is 4. The Bertz CT molecular complexity index is 5580. The number of hydrogen-bond acceptors (Lipinski definition) is 25. The highest BCUT2D eigenvalue weighted by Gasteiger charge is 2.63. The van der Waals surface area contributed by atoms with E-state index in [2.05, 4.69) is 41.2 Å². The fourth-order valence-electron chi connectivity index (χ4n) is 14.8. The molecule has 4 fully saturated rings. The van der Waals surface area contributed by atoms with Gasteiger partial charge in [0.25, 0.3) is 17.7 Å². The van der Waals surface area contributed by atoms with Crippen molar-refractivity contribution in [2.45, 2.75) is 155 Å². The molecule has 8 heterocycles. The highest BCUT2D eigenvalue weighted by molar-refractivity contribution is 6.07. The molecule has 33 nitrogen and oxygen atoms in total. The summed E-state index contributed by atoms with van der Waals surface area (Å²) in [6.45, 7) is -3.33. The van der Waals surface area contributed by atoms with Crippen molar-refractivity contribution in [3.8, 4) is 5.75 Å². The van der Waals surface area contributed by atoms with E-state index in [1.54, 1.807) is 61.7 Å². The summed E-state index contributed by atoms with van der Waals surface area (Å²) < 4.78 is 141. The number of nitrogens with zero attached hydrogens (tertiary/aromatic N) is 8. The van der Waals surface area contributed by atoms with E-state index in [4.69, 9.17) is 44.1 Å². The average molecular weight is 1680 g/mol. The summed E-state index contributed by atoms with van der Waals surface area (Å²) >= 11 is 0. The van der Waals surface area contributed by atoms with Gasteiger partial charge in [-0.25, -0.2) is 19.2 Å². The molecule has 4 unspecified atom stereocenters. The minimum Gasteiger partial charge on any atom is -0.497 e. The number of nitrogens with one attached hydrogen (secondary N) is 4. The van der Waals surface area contributed by atoms with Crippen molar-refractivity contribution in [2.24, 2.45) is 5.92 Å². The zero-order chi connectivity index (χ0) is 86.0. The Morgan fingerprint density at radius 3 is 1.20 bits per heavy atom. The number of aromatic nitrogens is 8. The number of ether oxygens (including phenoxy) is 5. The van der Waals surface area contributed by atoms with Crippen molar-refractivity contribution >= 4 is 57.7 Å². The number of carbonyl (C=O) groups excluding carboxylic acids is 4. The SMILES string of the molecule is COc1ccc2cc(C(=O)Nc3ccn(C4O[C@H](CO)[C@@H](O)C4(F)F)c(=O)n3)ccc2c1.O=C(Nc1ccn(C2O[C@H](CO)[C@@H](O)C2(F)F)c(=O)n1)C1Cc2ccccc2C1.O=C(Nc1ccn(C2O[C@H](CO)[C@@H](O)C2(F)F)c(=O)n1)c1ccc2c(c1)CCC2.O=C(Nc1ccn(C2O[C@H](CO)[C@@H](O)C2(F)F)c(=O)n1)c1cccc2c1CCCC2. The van der Waals surface area contributed by atoms with Crippen molar-refractivity contribution in [1.29, 1.82) is 0 Å². The molecule has 4 aromatic heterocycles. The Hall–Kier alpha value is -11.5. The molecule has 3 aliphatic carbocycles. The van der Waals surface area contributed by atoms with Crippen LogP contribution in [-0.2, 0) is 62.3 Å². The third kappa shape index (κ3) is 17.6. The fourth-order valence-corrected chi connectivity index (χ4v) is 14.8. The van der Waals surface area contributed by atoms with Gasteiger partial charge >= 0.3 is 46.4 Å². The van der Waals surface area contributed by atoms with E-state index in [-0.39, 0.29) is 35.1 Å². The van der Waals surface area contributed by atoms with E-state index in [0.717, 1.165) is 114 Å². The average Bonchev–Trinajstić information content (AvgIpc) is 1.62. The Morgan fingerprint density at radius 2 is 0.783 bits per heavy atom. The first-order valence-electron chi connectivity index (χ1n) is 37.5. The van der Waals surface area contributed by atoms with Crippen LogP contribution in [0.25, 0.3) is 10.8 Å². The molecule has 0 bridgehead atoms. The van der Waals surface area contributed by atoms with Gasteiger partial charge in [-0.15, -0.1) is 0 Å². The van der Waals surface area contributed by atoms with E-state index in [1.807, 2.05) is 42.5 Å². The lowest BCUT2D eigenvalue weighted by Crippen LogP contribution is -2.41. The molecule has 0 radical (unpaired) electrons. The van der Waals surface area contributed by atoms with Gasteiger partial charge in [-0.1, -0.05) is 54.6 Å². The topological polar surface area (TPSA) is 464 Å². The number of alkyl halides is 8. The van der Waals surface area contributed by atoms with Crippen molar-refractivity contribution in [1.82, 2.24) is 38.2 Å². The number of amides is 4. The molecule has 5 aromatic carbocycles. The first-order valence-corrected chi connectivity index (χ1v) is 37.5. The van der Waals surface area contributed by atoms with Crippen LogP contribution in [0.15, 0.2) is 165 Å². The molecule has 12 N–H and O–H groups in total. The number of fused-ring (bicyclic) bond motifs is 4. The lowest BCUT2D eigenvalue weighted by Gasteiger charge is -2.21.